The number of para-hydroxylation sites is 2. The Morgan fingerprint density at radius 1 is 0.792 bits per heavy atom. The molecule has 0 N–H and O–H groups in total. The Labute approximate surface area is 147 Å². The maximum Gasteiger partial charge on any atom is 0.361 e. The van der Waals surface area contributed by atoms with E-state index in [-0.39, 0.29) is 0 Å². The van der Waals surface area contributed by atoms with Crippen molar-refractivity contribution < 1.29 is 13.9 Å². The highest BCUT2D eigenvalue weighted by molar-refractivity contribution is 5.98. The van der Waals surface area contributed by atoms with Gasteiger partial charge in [-0.15, -0.1) is 0 Å². The molecule has 0 unspecified atom stereocenters. The van der Waals surface area contributed by atoms with E-state index in [0.29, 0.717) is 16.4 Å². The Morgan fingerprint density at radius 3 is 1.75 bits per heavy atom. The van der Waals surface area contributed by atoms with Crippen molar-refractivity contribution in [2.45, 2.75) is 44.5 Å². The van der Waals surface area contributed by atoms with Gasteiger partial charge in [0.05, 0.1) is 6.42 Å². The molecule has 2 aromatic carbocycles. The highest BCUT2D eigenvalue weighted by Gasteiger charge is 2.38. The zero-order valence-corrected chi connectivity index (χ0v) is 16.3. The summed E-state index contributed by atoms with van der Waals surface area (Å²) >= 11 is 0. The summed E-state index contributed by atoms with van der Waals surface area (Å²) in [6, 6.07) is 19.6. The molecule has 0 aromatic heterocycles. The summed E-state index contributed by atoms with van der Waals surface area (Å²) in [6.45, 7) is 0. The van der Waals surface area contributed by atoms with Crippen LogP contribution in [0.3, 0.4) is 0 Å². The minimum Gasteiger partial charge on any atom is -0.431 e. The quantitative estimate of drug-likeness (QED) is 0.561. The van der Waals surface area contributed by atoms with E-state index in [2.05, 4.69) is 0 Å². The summed E-state index contributed by atoms with van der Waals surface area (Å²) in [5.74, 6) is 1.11. The molecule has 4 heteroatoms. The van der Waals surface area contributed by atoms with Crippen molar-refractivity contribution >= 4 is 10.5 Å². The topological polar surface area (TPSA) is 27.7 Å². The van der Waals surface area contributed by atoms with E-state index in [1.54, 1.807) is 0 Å². The number of hydrogen-bond donors (Lipinski definition) is 0. The van der Waals surface area contributed by atoms with Gasteiger partial charge in [-0.2, -0.15) is 0 Å². The molecule has 2 aromatic rings. The molecule has 0 atom stereocenters. The number of ether oxygens (including phenoxy) is 2. The maximum atomic E-state index is 6.25. The minimum atomic E-state index is -1.03. The fourth-order valence-electron chi connectivity index (χ4n) is 3.35. The number of benzene rings is 2. The minimum absolute atomic E-state index is 0.548. The van der Waals surface area contributed by atoms with E-state index >= 15 is 0 Å². The molecule has 0 spiro atoms. The first kappa shape index (κ1) is 17.1. The monoisotopic (exact) mass is 342 g/mol. The van der Waals surface area contributed by atoms with Gasteiger partial charge in [-0.1, -0.05) is 68.5 Å². The molecular formula is C20H26O3Si. The summed E-state index contributed by atoms with van der Waals surface area (Å²) in [4.78, 5) is 0. The van der Waals surface area contributed by atoms with Gasteiger partial charge in [-0.25, -0.2) is 0 Å². The second-order valence-electron chi connectivity index (χ2n) is 6.43. The van der Waals surface area contributed by atoms with Crippen molar-refractivity contribution in [2.75, 3.05) is 0 Å². The summed E-state index contributed by atoms with van der Waals surface area (Å²) in [6.07, 6.45) is 7.13. The zero-order valence-electron chi connectivity index (χ0n) is 14.3. The standard InChI is InChI=1S/C20H26O3Si/c24-23-20(16-17-10-4-1-5-11-17,21-18-12-6-2-7-13-18)22-19-14-8-3-9-15-19/h2-3,6-9,12-15,17H,1,4-5,10-11,16H2,24H3. The predicted molar refractivity (Wildman–Crippen MR) is 99.1 cm³/mol. The molecule has 0 radical (unpaired) electrons. The molecule has 1 aliphatic rings. The van der Waals surface area contributed by atoms with Crippen LogP contribution in [0.5, 0.6) is 11.5 Å². The Balaban J connectivity index is 1.82. The molecule has 0 saturated heterocycles. The molecule has 0 aliphatic heterocycles. The molecule has 0 bridgehead atoms. The van der Waals surface area contributed by atoms with Gasteiger partial charge in [0, 0.05) is 0 Å². The van der Waals surface area contributed by atoms with E-state index in [1.807, 2.05) is 60.7 Å². The summed E-state index contributed by atoms with van der Waals surface area (Å²) in [5, 5.41) is 0. The normalized spacial score (nSPS) is 16.0. The molecule has 24 heavy (non-hydrogen) atoms. The maximum absolute atomic E-state index is 6.25. The Kier molecular flexibility index (Phi) is 5.94. The lowest BCUT2D eigenvalue weighted by Crippen LogP contribution is -2.46. The lowest BCUT2D eigenvalue weighted by Gasteiger charge is -2.36. The SMILES string of the molecule is [SiH3]OC(CC1CCCCC1)(Oc1ccccc1)Oc1ccccc1. The molecule has 3 rings (SSSR count). The molecular weight excluding hydrogens is 316 g/mol. The van der Waals surface area contributed by atoms with E-state index in [0.717, 1.165) is 17.9 Å². The van der Waals surface area contributed by atoms with Crippen LogP contribution in [0.25, 0.3) is 0 Å². The van der Waals surface area contributed by atoms with Gasteiger partial charge in [0.1, 0.15) is 11.5 Å². The molecule has 1 fully saturated rings. The highest BCUT2D eigenvalue weighted by Crippen LogP contribution is 2.35. The van der Waals surface area contributed by atoms with Gasteiger partial charge in [-0.05, 0) is 30.2 Å². The zero-order chi connectivity index (χ0) is 16.7. The third-order valence-corrected chi connectivity index (χ3v) is 5.23. The van der Waals surface area contributed by atoms with E-state index < -0.39 is 5.97 Å². The van der Waals surface area contributed by atoms with Gasteiger partial charge >= 0.3 is 5.97 Å². The van der Waals surface area contributed by atoms with Crippen LogP contribution < -0.4 is 9.47 Å². The van der Waals surface area contributed by atoms with Gasteiger partial charge in [0.2, 0.25) is 0 Å². The molecule has 1 saturated carbocycles. The Morgan fingerprint density at radius 2 is 1.29 bits per heavy atom. The second kappa shape index (κ2) is 8.35. The number of rotatable bonds is 7. The lowest BCUT2D eigenvalue weighted by molar-refractivity contribution is -0.262. The predicted octanol–water partition coefficient (Wildman–Crippen LogP) is 4.07. The average Bonchev–Trinajstić information content (AvgIpc) is 2.64. The molecule has 0 heterocycles. The molecule has 3 nitrogen and oxygen atoms in total. The van der Waals surface area contributed by atoms with Crippen molar-refractivity contribution in [3.8, 4) is 11.5 Å². The van der Waals surface area contributed by atoms with Gasteiger partial charge in [-0.3, -0.25) is 0 Å². The van der Waals surface area contributed by atoms with Crippen molar-refractivity contribution in [1.82, 2.24) is 0 Å². The smallest absolute Gasteiger partial charge is 0.361 e. The van der Waals surface area contributed by atoms with Crippen LogP contribution in [0.15, 0.2) is 60.7 Å². The summed E-state index contributed by atoms with van der Waals surface area (Å²) < 4.78 is 18.4. The van der Waals surface area contributed by atoms with Crippen LogP contribution in [0.2, 0.25) is 0 Å². The third kappa shape index (κ3) is 4.62. The van der Waals surface area contributed by atoms with E-state index in [1.165, 1.54) is 32.1 Å². The first-order valence-corrected chi connectivity index (χ1v) is 9.65. The van der Waals surface area contributed by atoms with Gasteiger partial charge in [0.25, 0.3) is 0 Å². The van der Waals surface area contributed by atoms with E-state index in [9.17, 15) is 0 Å². The average molecular weight is 343 g/mol. The fraction of sp³-hybridized carbons (Fsp3) is 0.400. The van der Waals surface area contributed by atoms with Crippen molar-refractivity contribution in [1.29, 1.82) is 0 Å². The first-order valence-electron chi connectivity index (χ1n) is 8.83. The van der Waals surface area contributed by atoms with Crippen LogP contribution in [-0.4, -0.2) is 16.5 Å². The molecule has 0 amide bonds. The summed E-state index contributed by atoms with van der Waals surface area (Å²) in [7, 11) is 0.548. The first-order chi connectivity index (χ1) is 11.8. The fourth-order valence-corrected chi connectivity index (χ4v) is 3.69. The van der Waals surface area contributed by atoms with Crippen LogP contribution in [0.4, 0.5) is 0 Å². The van der Waals surface area contributed by atoms with E-state index in [4.69, 9.17) is 13.9 Å². The van der Waals surface area contributed by atoms with Crippen LogP contribution >= 0.6 is 0 Å². The van der Waals surface area contributed by atoms with Gasteiger partial charge < -0.3 is 13.9 Å². The lowest BCUT2D eigenvalue weighted by atomic mass is 9.86. The van der Waals surface area contributed by atoms with Crippen LogP contribution in [0.1, 0.15) is 38.5 Å². The Bertz CT molecular complexity index is 555. The molecule has 128 valence electrons. The second-order valence-corrected chi connectivity index (χ2v) is 6.83. The van der Waals surface area contributed by atoms with Crippen LogP contribution in [0, 0.1) is 5.92 Å². The van der Waals surface area contributed by atoms with Crippen molar-refractivity contribution in [3.05, 3.63) is 60.7 Å². The Hall–Kier alpha value is -1.78. The third-order valence-electron chi connectivity index (χ3n) is 4.61. The highest BCUT2D eigenvalue weighted by atomic mass is 28.2. The van der Waals surface area contributed by atoms with Crippen molar-refractivity contribution in [2.24, 2.45) is 5.92 Å². The van der Waals surface area contributed by atoms with Crippen LogP contribution in [-0.2, 0) is 4.43 Å². The summed E-state index contributed by atoms with van der Waals surface area (Å²) in [5.41, 5.74) is 0. The van der Waals surface area contributed by atoms with Crippen molar-refractivity contribution in [3.63, 3.8) is 0 Å². The molecule has 1 aliphatic carbocycles. The largest absolute Gasteiger partial charge is 0.431 e. The van der Waals surface area contributed by atoms with Gasteiger partial charge in [0.15, 0.2) is 10.5 Å². The number of hydrogen-bond acceptors (Lipinski definition) is 3.